The van der Waals surface area contributed by atoms with Gasteiger partial charge in [0.1, 0.15) is 5.65 Å². The van der Waals surface area contributed by atoms with Gasteiger partial charge in [0, 0.05) is 44.4 Å². The van der Waals surface area contributed by atoms with Gasteiger partial charge in [-0.2, -0.15) is 0 Å². The first-order valence-corrected chi connectivity index (χ1v) is 9.20. The summed E-state index contributed by atoms with van der Waals surface area (Å²) in [6.45, 7) is 1.14. The predicted molar refractivity (Wildman–Crippen MR) is 94.0 cm³/mol. The average Bonchev–Trinajstić information content (AvgIpc) is 3.33. The number of imidazole rings is 1. The summed E-state index contributed by atoms with van der Waals surface area (Å²) >= 11 is 0. The second kappa shape index (κ2) is 6.86. The van der Waals surface area contributed by atoms with Crippen molar-refractivity contribution in [2.24, 2.45) is 5.92 Å². The van der Waals surface area contributed by atoms with E-state index in [4.69, 9.17) is 0 Å². The summed E-state index contributed by atoms with van der Waals surface area (Å²) in [5, 5.41) is 2.98. The number of nitrogens with zero attached hydrogens (tertiary/aromatic N) is 3. The molecule has 6 nitrogen and oxygen atoms in total. The Morgan fingerprint density at radius 2 is 2.12 bits per heavy atom. The molecule has 1 aliphatic heterocycles. The standard InChI is InChI=1S/C19H24N4O2/c24-18-11-14(12-23(18)16-5-1-2-6-16)19(25)20-9-8-15-13-22-10-4-3-7-17(22)21-15/h3-4,7,10,13-14,16H,1-2,5-6,8-9,11-12H2,(H,20,25)/t14-/m1/s1. The molecule has 0 radical (unpaired) electrons. The Balaban J connectivity index is 1.28. The van der Waals surface area contributed by atoms with Crippen molar-refractivity contribution in [3.05, 3.63) is 36.3 Å². The van der Waals surface area contributed by atoms with Gasteiger partial charge in [-0.15, -0.1) is 0 Å². The van der Waals surface area contributed by atoms with Crippen LogP contribution in [0.1, 0.15) is 37.8 Å². The van der Waals surface area contributed by atoms with Gasteiger partial charge >= 0.3 is 0 Å². The van der Waals surface area contributed by atoms with Gasteiger partial charge in [0.2, 0.25) is 11.8 Å². The van der Waals surface area contributed by atoms with Crippen LogP contribution in [-0.2, 0) is 16.0 Å². The van der Waals surface area contributed by atoms with E-state index >= 15 is 0 Å². The van der Waals surface area contributed by atoms with E-state index in [-0.39, 0.29) is 17.7 Å². The fourth-order valence-electron chi connectivity index (χ4n) is 4.04. The zero-order valence-corrected chi connectivity index (χ0v) is 14.4. The van der Waals surface area contributed by atoms with Crippen molar-refractivity contribution >= 4 is 17.5 Å². The Labute approximate surface area is 147 Å². The maximum Gasteiger partial charge on any atom is 0.225 e. The van der Waals surface area contributed by atoms with E-state index in [0.29, 0.717) is 32.0 Å². The van der Waals surface area contributed by atoms with Crippen LogP contribution in [0.25, 0.3) is 5.65 Å². The molecule has 0 unspecified atom stereocenters. The van der Waals surface area contributed by atoms with Crippen molar-refractivity contribution in [3.8, 4) is 0 Å². The van der Waals surface area contributed by atoms with Gasteiger partial charge in [-0.1, -0.05) is 18.9 Å². The molecular formula is C19H24N4O2. The number of aromatic nitrogens is 2. The molecule has 4 rings (SSSR count). The first kappa shape index (κ1) is 16.1. The van der Waals surface area contributed by atoms with E-state index in [2.05, 4.69) is 10.3 Å². The minimum absolute atomic E-state index is 0.00221. The lowest BCUT2D eigenvalue weighted by Crippen LogP contribution is -2.37. The molecule has 1 atom stereocenters. The summed E-state index contributed by atoms with van der Waals surface area (Å²) in [6.07, 6.45) is 9.59. The number of amides is 2. The second-order valence-electron chi connectivity index (χ2n) is 7.12. The Morgan fingerprint density at radius 3 is 2.92 bits per heavy atom. The first-order valence-electron chi connectivity index (χ1n) is 9.20. The van der Waals surface area contributed by atoms with Crippen molar-refractivity contribution < 1.29 is 9.59 Å². The second-order valence-corrected chi connectivity index (χ2v) is 7.12. The topological polar surface area (TPSA) is 66.7 Å². The zero-order chi connectivity index (χ0) is 17.2. The smallest absolute Gasteiger partial charge is 0.225 e. The number of fused-ring (bicyclic) bond motifs is 1. The van der Waals surface area contributed by atoms with Gasteiger partial charge in [-0.25, -0.2) is 4.98 Å². The average molecular weight is 340 g/mol. The zero-order valence-electron chi connectivity index (χ0n) is 14.4. The highest BCUT2D eigenvalue weighted by Gasteiger charge is 2.38. The largest absolute Gasteiger partial charge is 0.355 e. The summed E-state index contributed by atoms with van der Waals surface area (Å²) < 4.78 is 1.98. The van der Waals surface area contributed by atoms with Crippen LogP contribution in [0, 0.1) is 5.92 Å². The summed E-state index contributed by atoms with van der Waals surface area (Å²) in [6, 6.07) is 6.25. The fraction of sp³-hybridized carbons (Fsp3) is 0.526. The normalized spacial score (nSPS) is 21.4. The maximum atomic E-state index is 12.4. The van der Waals surface area contributed by atoms with Gasteiger partial charge in [0.15, 0.2) is 0 Å². The Hall–Kier alpha value is -2.37. The quantitative estimate of drug-likeness (QED) is 0.902. The van der Waals surface area contributed by atoms with Crippen molar-refractivity contribution in [2.45, 2.75) is 44.6 Å². The van der Waals surface area contributed by atoms with Gasteiger partial charge < -0.3 is 14.6 Å². The highest BCUT2D eigenvalue weighted by Crippen LogP contribution is 2.29. The molecule has 25 heavy (non-hydrogen) atoms. The van der Waals surface area contributed by atoms with Crippen LogP contribution in [0.3, 0.4) is 0 Å². The van der Waals surface area contributed by atoms with Crippen molar-refractivity contribution in [3.63, 3.8) is 0 Å². The molecule has 2 fully saturated rings. The lowest BCUT2D eigenvalue weighted by atomic mass is 10.1. The number of hydrogen-bond donors (Lipinski definition) is 1. The number of hydrogen-bond acceptors (Lipinski definition) is 3. The van der Waals surface area contributed by atoms with E-state index < -0.39 is 0 Å². The minimum atomic E-state index is -0.200. The third-order valence-corrected chi connectivity index (χ3v) is 5.39. The third-order valence-electron chi connectivity index (χ3n) is 5.39. The molecule has 0 bridgehead atoms. The molecular weight excluding hydrogens is 316 g/mol. The van der Waals surface area contributed by atoms with E-state index in [9.17, 15) is 9.59 Å². The van der Waals surface area contributed by atoms with Gasteiger partial charge in [0.05, 0.1) is 11.6 Å². The van der Waals surface area contributed by atoms with Gasteiger partial charge in [-0.3, -0.25) is 9.59 Å². The molecule has 2 aromatic heterocycles. The molecule has 1 N–H and O–H groups in total. The molecule has 2 aliphatic rings. The summed E-state index contributed by atoms with van der Waals surface area (Å²) in [7, 11) is 0. The van der Waals surface area contributed by atoms with Crippen molar-refractivity contribution in [2.75, 3.05) is 13.1 Å². The number of nitrogens with one attached hydrogen (secondary N) is 1. The van der Waals surface area contributed by atoms with Crippen LogP contribution in [0.15, 0.2) is 30.6 Å². The van der Waals surface area contributed by atoms with Crippen LogP contribution >= 0.6 is 0 Å². The Morgan fingerprint density at radius 1 is 1.28 bits per heavy atom. The molecule has 1 saturated carbocycles. The summed E-state index contributed by atoms with van der Waals surface area (Å²) in [5.41, 5.74) is 1.87. The molecule has 3 heterocycles. The Kier molecular flexibility index (Phi) is 4.42. The van der Waals surface area contributed by atoms with E-state index in [1.807, 2.05) is 39.9 Å². The molecule has 2 amide bonds. The summed E-state index contributed by atoms with van der Waals surface area (Å²) in [4.78, 5) is 31.1. The highest BCUT2D eigenvalue weighted by atomic mass is 16.2. The van der Waals surface area contributed by atoms with Crippen LogP contribution in [0.5, 0.6) is 0 Å². The molecule has 0 spiro atoms. The van der Waals surface area contributed by atoms with Crippen molar-refractivity contribution in [1.29, 1.82) is 0 Å². The van der Waals surface area contributed by atoms with Crippen LogP contribution < -0.4 is 5.32 Å². The monoisotopic (exact) mass is 340 g/mol. The van der Waals surface area contributed by atoms with E-state index in [1.54, 1.807) is 0 Å². The number of pyridine rings is 1. The fourth-order valence-corrected chi connectivity index (χ4v) is 4.04. The third kappa shape index (κ3) is 3.38. The van der Waals surface area contributed by atoms with Crippen molar-refractivity contribution in [1.82, 2.24) is 19.6 Å². The lowest BCUT2D eigenvalue weighted by molar-refractivity contribution is -0.130. The number of carbonyl (C=O) groups is 2. The molecule has 0 aromatic carbocycles. The Bertz CT molecular complexity index is 746. The maximum absolute atomic E-state index is 12.4. The van der Waals surface area contributed by atoms with E-state index in [0.717, 1.165) is 24.2 Å². The highest BCUT2D eigenvalue weighted by molar-refractivity contribution is 5.89. The van der Waals surface area contributed by atoms with Crippen LogP contribution in [-0.4, -0.2) is 45.2 Å². The number of likely N-dealkylation sites (tertiary alicyclic amines) is 1. The SMILES string of the molecule is O=C(NCCc1cn2ccccc2n1)[C@@H]1CC(=O)N(C2CCCC2)C1. The van der Waals surface area contributed by atoms with Gasteiger partial charge in [-0.05, 0) is 25.0 Å². The van der Waals surface area contributed by atoms with E-state index in [1.165, 1.54) is 12.8 Å². The molecule has 6 heteroatoms. The molecule has 132 valence electrons. The summed E-state index contributed by atoms with van der Waals surface area (Å²) in [5.74, 6) is -0.0563. The van der Waals surface area contributed by atoms with Crippen LogP contribution in [0.2, 0.25) is 0 Å². The first-order chi connectivity index (χ1) is 12.2. The van der Waals surface area contributed by atoms with Gasteiger partial charge in [0.25, 0.3) is 0 Å². The number of rotatable bonds is 5. The molecule has 2 aromatic rings. The van der Waals surface area contributed by atoms with Crippen LogP contribution in [0.4, 0.5) is 0 Å². The lowest BCUT2D eigenvalue weighted by Gasteiger charge is -2.23. The minimum Gasteiger partial charge on any atom is -0.355 e. The molecule has 1 saturated heterocycles. The molecule has 1 aliphatic carbocycles. The number of carbonyl (C=O) groups excluding carboxylic acids is 2. The predicted octanol–water partition coefficient (Wildman–Crippen LogP) is 1.78.